The molecule has 0 unspecified atom stereocenters. The quantitative estimate of drug-likeness (QED) is 0.350. The Hall–Kier alpha value is -3.59. The van der Waals surface area contributed by atoms with Crippen LogP contribution < -0.4 is 10.9 Å². The first-order chi connectivity index (χ1) is 15.4. The van der Waals surface area contributed by atoms with Crippen LogP contribution in [0.5, 0.6) is 0 Å². The lowest BCUT2D eigenvalue weighted by Crippen LogP contribution is -2.26. The smallest absolute Gasteiger partial charge is 0.266 e. The summed E-state index contributed by atoms with van der Waals surface area (Å²) in [5.74, 6) is -2.53. The zero-order chi connectivity index (χ0) is 22.7. The van der Waals surface area contributed by atoms with E-state index in [9.17, 15) is 22.8 Å². The van der Waals surface area contributed by atoms with E-state index in [0.717, 1.165) is 34.0 Å². The Morgan fingerprint density at radius 2 is 1.69 bits per heavy atom. The summed E-state index contributed by atoms with van der Waals surface area (Å²) in [6.07, 6.45) is 0. The second-order valence-electron chi connectivity index (χ2n) is 6.84. The highest BCUT2D eigenvalue weighted by Crippen LogP contribution is 2.23. The molecular formula is C23H16F3N3O2S. The maximum atomic E-state index is 14.5. The zero-order valence-corrected chi connectivity index (χ0v) is 17.3. The predicted octanol–water partition coefficient (Wildman–Crippen LogP) is 4.21. The lowest BCUT2D eigenvalue weighted by Gasteiger charge is -2.14. The predicted molar refractivity (Wildman–Crippen MR) is 116 cm³/mol. The molecule has 3 aromatic carbocycles. The molecule has 4 rings (SSSR count). The van der Waals surface area contributed by atoms with E-state index in [0.29, 0.717) is 11.6 Å². The van der Waals surface area contributed by atoms with Gasteiger partial charge in [0.25, 0.3) is 5.56 Å². The molecule has 5 nitrogen and oxygen atoms in total. The number of thioether (sulfide) groups is 1. The average Bonchev–Trinajstić information content (AvgIpc) is 2.78. The molecule has 4 aromatic rings. The summed E-state index contributed by atoms with van der Waals surface area (Å²) in [6, 6.07) is 15.2. The Labute approximate surface area is 184 Å². The van der Waals surface area contributed by atoms with Gasteiger partial charge in [0.15, 0.2) is 5.16 Å². The number of benzene rings is 3. The Morgan fingerprint density at radius 1 is 0.969 bits per heavy atom. The Bertz CT molecular complexity index is 1360. The number of carbonyl (C=O) groups excluding carboxylic acids is 1. The van der Waals surface area contributed by atoms with Gasteiger partial charge < -0.3 is 5.32 Å². The third-order valence-corrected chi connectivity index (χ3v) is 5.57. The molecule has 162 valence electrons. The number of rotatable bonds is 6. The highest BCUT2D eigenvalue weighted by atomic mass is 32.2. The number of halogens is 3. The number of hydrogen-bond acceptors (Lipinski definition) is 4. The fraction of sp³-hybridized carbons (Fsp3) is 0.0870. The van der Waals surface area contributed by atoms with Crippen molar-refractivity contribution in [1.29, 1.82) is 0 Å². The summed E-state index contributed by atoms with van der Waals surface area (Å²) in [7, 11) is 0. The first-order valence-electron chi connectivity index (χ1n) is 9.53. The summed E-state index contributed by atoms with van der Waals surface area (Å²) in [6.45, 7) is 0.199. The summed E-state index contributed by atoms with van der Waals surface area (Å²) in [4.78, 5) is 29.8. The van der Waals surface area contributed by atoms with Crippen LogP contribution in [-0.4, -0.2) is 21.2 Å². The summed E-state index contributed by atoms with van der Waals surface area (Å²) >= 11 is 0.949. The molecule has 0 saturated carbocycles. The van der Waals surface area contributed by atoms with Gasteiger partial charge in [-0.1, -0.05) is 36.0 Å². The highest BCUT2D eigenvalue weighted by molar-refractivity contribution is 7.99. The van der Waals surface area contributed by atoms with Gasteiger partial charge >= 0.3 is 0 Å². The van der Waals surface area contributed by atoms with Crippen LogP contribution in [0.25, 0.3) is 16.6 Å². The second kappa shape index (κ2) is 9.27. The van der Waals surface area contributed by atoms with E-state index < -0.39 is 17.2 Å². The monoisotopic (exact) mass is 455 g/mol. The van der Waals surface area contributed by atoms with Crippen molar-refractivity contribution in [3.05, 3.63) is 100 Å². The summed E-state index contributed by atoms with van der Waals surface area (Å²) in [5, 5.41) is 3.06. The van der Waals surface area contributed by atoms with Crippen molar-refractivity contribution in [2.45, 2.75) is 11.7 Å². The van der Waals surface area contributed by atoms with Gasteiger partial charge in [0, 0.05) is 12.6 Å². The maximum Gasteiger partial charge on any atom is 0.266 e. The first kappa shape index (κ1) is 21.6. The van der Waals surface area contributed by atoms with Crippen LogP contribution in [0.4, 0.5) is 13.2 Å². The Kier molecular flexibility index (Phi) is 6.27. The molecule has 0 bridgehead atoms. The number of para-hydroxylation sites is 1. The molecule has 0 radical (unpaired) electrons. The molecule has 0 atom stereocenters. The van der Waals surface area contributed by atoms with Gasteiger partial charge in [-0.15, -0.1) is 0 Å². The van der Waals surface area contributed by atoms with Crippen LogP contribution in [0.3, 0.4) is 0 Å². The van der Waals surface area contributed by atoms with Gasteiger partial charge in [-0.05, 0) is 42.0 Å². The van der Waals surface area contributed by atoms with Gasteiger partial charge in [0.2, 0.25) is 5.91 Å². The topological polar surface area (TPSA) is 64.0 Å². The molecule has 1 amide bonds. The van der Waals surface area contributed by atoms with Crippen LogP contribution in [-0.2, 0) is 11.3 Å². The fourth-order valence-corrected chi connectivity index (χ4v) is 3.90. The standard InChI is InChI=1S/C23H16F3N3O2S/c24-15-7-5-14(6-8-15)12-27-21(30)13-32-23-28-19-4-2-1-3-17(19)22(31)29(23)20-10-9-16(25)11-18(20)26/h1-11H,12-13H2,(H,27,30). The number of hydrogen-bond donors (Lipinski definition) is 1. The molecule has 1 heterocycles. The van der Waals surface area contributed by atoms with Crippen LogP contribution in [0.1, 0.15) is 5.56 Å². The lowest BCUT2D eigenvalue weighted by atomic mass is 10.2. The summed E-state index contributed by atoms with van der Waals surface area (Å²) in [5.41, 5.74) is 0.420. The van der Waals surface area contributed by atoms with E-state index in [1.165, 1.54) is 12.1 Å². The van der Waals surface area contributed by atoms with Gasteiger partial charge in [0.05, 0.1) is 22.3 Å². The van der Waals surface area contributed by atoms with E-state index in [1.54, 1.807) is 36.4 Å². The second-order valence-corrected chi connectivity index (χ2v) is 7.78. The van der Waals surface area contributed by atoms with Crippen molar-refractivity contribution in [3.63, 3.8) is 0 Å². The molecule has 0 aliphatic heterocycles. The third kappa shape index (κ3) is 4.67. The van der Waals surface area contributed by atoms with Crippen LogP contribution in [0.15, 0.2) is 76.7 Å². The number of carbonyl (C=O) groups is 1. The largest absolute Gasteiger partial charge is 0.351 e. The lowest BCUT2D eigenvalue weighted by molar-refractivity contribution is -0.118. The molecule has 1 N–H and O–H groups in total. The average molecular weight is 455 g/mol. The first-order valence-corrected chi connectivity index (χ1v) is 10.5. The number of amides is 1. The van der Waals surface area contributed by atoms with E-state index in [1.807, 2.05) is 0 Å². The minimum absolute atomic E-state index is 0.0936. The fourth-order valence-electron chi connectivity index (χ4n) is 3.07. The van der Waals surface area contributed by atoms with E-state index >= 15 is 0 Å². The van der Waals surface area contributed by atoms with Crippen LogP contribution in [0, 0.1) is 17.5 Å². The third-order valence-electron chi connectivity index (χ3n) is 4.63. The van der Waals surface area contributed by atoms with Crippen molar-refractivity contribution in [2.24, 2.45) is 0 Å². The van der Waals surface area contributed by atoms with Gasteiger partial charge in [-0.2, -0.15) is 0 Å². The van der Waals surface area contributed by atoms with Gasteiger partial charge in [-0.25, -0.2) is 18.2 Å². The number of nitrogens with one attached hydrogen (secondary N) is 1. The van der Waals surface area contributed by atoms with Crippen LogP contribution in [0.2, 0.25) is 0 Å². The van der Waals surface area contributed by atoms with Crippen molar-refractivity contribution in [1.82, 2.24) is 14.9 Å². The molecule has 0 aliphatic carbocycles. The number of nitrogens with zero attached hydrogens (tertiary/aromatic N) is 2. The van der Waals surface area contributed by atoms with Gasteiger partial charge in [0.1, 0.15) is 17.5 Å². The maximum absolute atomic E-state index is 14.5. The normalized spacial score (nSPS) is 11.0. The molecule has 32 heavy (non-hydrogen) atoms. The van der Waals surface area contributed by atoms with Crippen molar-refractivity contribution < 1.29 is 18.0 Å². The Morgan fingerprint density at radius 3 is 2.44 bits per heavy atom. The van der Waals surface area contributed by atoms with Crippen molar-refractivity contribution in [2.75, 3.05) is 5.75 Å². The molecule has 1 aromatic heterocycles. The minimum atomic E-state index is -0.924. The molecule has 0 aliphatic rings. The van der Waals surface area contributed by atoms with Gasteiger partial charge in [-0.3, -0.25) is 14.2 Å². The number of fused-ring (bicyclic) bond motifs is 1. The Balaban J connectivity index is 1.61. The van der Waals surface area contributed by atoms with E-state index in [4.69, 9.17) is 0 Å². The molecule has 0 spiro atoms. The van der Waals surface area contributed by atoms with Crippen molar-refractivity contribution in [3.8, 4) is 5.69 Å². The van der Waals surface area contributed by atoms with Crippen LogP contribution >= 0.6 is 11.8 Å². The minimum Gasteiger partial charge on any atom is -0.351 e. The SMILES string of the molecule is O=C(CSc1nc2ccccc2c(=O)n1-c1ccc(F)cc1F)NCc1ccc(F)cc1. The van der Waals surface area contributed by atoms with Crippen molar-refractivity contribution >= 4 is 28.6 Å². The summed E-state index contributed by atoms with van der Waals surface area (Å²) < 4.78 is 41.9. The van der Waals surface area contributed by atoms with E-state index in [-0.39, 0.29) is 40.3 Å². The zero-order valence-electron chi connectivity index (χ0n) is 16.5. The highest BCUT2D eigenvalue weighted by Gasteiger charge is 2.17. The molecule has 9 heteroatoms. The van der Waals surface area contributed by atoms with E-state index in [2.05, 4.69) is 10.3 Å². The molecule has 0 fully saturated rings. The number of aromatic nitrogens is 2. The molecule has 0 saturated heterocycles. The molecular weight excluding hydrogens is 439 g/mol.